The van der Waals surface area contributed by atoms with E-state index in [0.717, 1.165) is 11.4 Å². The van der Waals surface area contributed by atoms with Crippen LogP contribution in [0.25, 0.3) is 0 Å². The lowest BCUT2D eigenvalue weighted by atomic mass is 10.3. The molecule has 3 aromatic rings. The van der Waals surface area contributed by atoms with Crippen molar-refractivity contribution in [1.82, 2.24) is 25.2 Å². The summed E-state index contributed by atoms with van der Waals surface area (Å²) < 4.78 is 7.62. The van der Waals surface area contributed by atoms with Gasteiger partial charge >= 0.3 is 0 Å². The Hall–Kier alpha value is -3.46. The van der Waals surface area contributed by atoms with E-state index in [1.54, 1.807) is 6.08 Å². The molecule has 9 heteroatoms. The molecule has 1 amide bonds. The number of rotatable bonds is 10. The molecule has 0 aliphatic rings. The fraction of sp³-hybridized carbons (Fsp3) is 0.190. The quantitative estimate of drug-likeness (QED) is 0.234. The first-order valence-electron chi connectivity index (χ1n) is 9.25. The molecule has 2 heterocycles. The first-order valence-corrected chi connectivity index (χ1v) is 10.2. The molecule has 154 valence electrons. The molecule has 1 N–H and O–H groups in total. The second-order valence-corrected chi connectivity index (χ2v) is 7.13. The van der Waals surface area contributed by atoms with Crippen LogP contribution in [0.15, 0.2) is 71.4 Å². The number of pyridine rings is 1. The lowest BCUT2D eigenvalue weighted by molar-refractivity contribution is -0.118. The number of aromatic nitrogens is 4. The van der Waals surface area contributed by atoms with Gasteiger partial charge in [-0.05, 0) is 31.2 Å². The van der Waals surface area contributed by atoms with Gasteiger partial charge in [0.25, 0.3) is 5.91 Å². The zero-order valence-electron chi connectivity index (χ0n) is 16.6. The Balaban J connectivity index is 1.54. The summed E-state index contributed by atoms with van der Waals surface area (Å²) in [5, 5.41) is 12.9. The van der Waals surface area contributed by atoms with E-state index in [1.807, 2.05) is 60.0 Å². The van der Waals surface area contributed by atoms with Crippen molar-refractivity contribution in [1.29, 1.82) is 0 Å². The maximum atomic E-state index is 12.1. The van der Waals surface area contributed by atoms with Gasteiger partial charge in [-0.3, -0.25) is 14.3 Å². The van der Waals surface area contributed by atoms with Gasteiger partial charge < -0.3 is 4.74 Å². The highest BCUT2D eigenvalue weighted by atomic mass is 32.2. The maximum absolute atomic E-state index is 12.1. The summed E-state index contributed by atoms with van der Waals surface area (Å²) in [6.07, 6.45) is 3.26. The minimum absolute atomic E-state index is 0.146. The average molecular weight is 423 g/mol. The lowest BCUT2D eigenvalue weighted by Gasteiger charge is -2.09. The van der Waals surface area contributed by atoms with Crippen LogP contribution in [0.3, 0.4) is 0 Å². The van der Waals surface area contributed by atoms with E-state index in [-0.39, 0.29) is 18.3 Å². The summed E-state index contributed by atoms with van der Waals surface area (Å²) in [5.74, 6) is 1.30. The number of hydrogen-bond acceptors (Lipinski definition) is 7. The monoisotopic (exact) mass is 422 g/mol. The van der Waals surface area contributed by atoms with Gasteiger partial charge in [0.1, 0.15) is 12.4 Å². The number of thioether (sulfide) groups is 1. The molecule has 1 aromatic carbocycles. The Morgan fingerprint density at radius 1 is 1.23 bits per heavy atom. The summed E-state index contributed by atoms with van der Waals surface area (Å²) >= 11 is 1.27. The zero-order valence-corrected chi connectivity index (χ0v) is 17.4. The molecule has 0 unspecified atom stereocenters. The number of hydrazone groups is 1. The second kappa shape index (κ2) is 10.9. The molecule has 0 atom stereocenters. The Morgan fingerprint density at radius 2 is 2.07 bits per heavy atom. The predicted octanol–water partition coefficient (Wildman–Crippen LogP) is 2.99. The number of aryl methyl sites for hydroxylation is 1. The Morgan fingerprint density at radius 3 is 2.83 bits per heavy atom. The van der Waals surface area contributed by atoms with Crippen LogP contribution in [-0.4, -0.2) is 37.6 Å². The highest BCUT2D eigenvalue weighted by molar-refractivity contribution is 7.99. The maximum Gasteiger partial charge on any atom is 0.250 e. The highest BCUT2D eigenvalue weighted by Crippen LogP contribution is 2.18. The van der Waals surface area contributed by atoms with Gasteiger partial charge in [-0.25, -0.2) is 5.43 Å². The Labute approximate surface area is 179 Å². The number of amides is 1. The smallest absolute Gasteiger partial charge is 0.250 e. The largest absolute Gasteiger partial charge is 0.486 e. The van der Waals surface area contributed by atoms with Crippen LogP contribution >= 0.6 is 11.8 Å². The van der Waals surface area contributed by atoms with Crippen molar-refractivity contribution in [2.75, 3.05) is 5.75 Å². The van der Waals surface area contributed by atoms with Crippen LogP contribution in [-0.2, 0) is 17.9 Å². The third-order valence-electron chi connectivity index (χ3n) is 3.84. The van der Waals surface area contributed by atoms with Crippen LogP contribution in [0, 0.1) is 6.92 Å². The molecule has 8 nitrogen and oxygen atoms in total. The molecule has 0 bridgehead atoms. The molecular formula is C21H22N6O2S. The van der Waals surface area contributed by atoms with Crippen LogP contribution in [0.5, 0.6) is 5.75 Å². The molecule has 0 fully saturated rings. The summed E-state index contributed by atoms with van der Waals surface area (Å²) in [6.45, 7) is 6.45. The van der Waals surface area contributed by atoms with Crippen LogP contribution < -0.4 is 10.2 Å². The number of nitrogens with zero attached hydrogens (tertiary/aromatic N) is 5. The van der Waals surface area contributed by atoms with E-state index < -0.39 is 0 Å². The van der Waals surface area contributed by atoms with Crippen molar-refractivity contribution in [2.24, 2.45) is 5.10 Å². The molecule has 0 saturated carbocycles. The van der Waals surface area contributed by atoms with Crippen molar-refractivity contribution < 1.29 is 9.53 Å². The normalized spacial score (nSPS) is 10.8. The minimum atomic E-state index is -0.251. The van der Waals surface area contributed by atoms with Crippen molar-refractivity contribution in [3.05, 3.63) is 78.4 Å². The second-order valence-electron chi connectivity index (χ2n) is 6.19. The van der Waals surface area contributed by atoms with Crippen molar-refractivity contribution in [3.63, 3.8) is 0 Å². The summed E-state index contributed by atoms with van der Waals surface area (Å²) in [5.41, 5.74) is 4.05. The Bertz CT molecular complexity index is 1020. The molecular weight excluding hydrogens is 400 g/mol. The number of ether oxygens (including phenoxy) is 1. The predicted molar refractivity (Wildman–Crippen MR) is 116 cm³/mol. The van der Waals surface area contributed by atoms with E-state index in [2.05, 4.69) is 32.3 Å². The zero-order chi connectivity index (χ0) is 21.2. The third kappa shape index (κ3) is 6.28. The molecule has 0 radical (unpaired) electrons. The molecule has 2 aromatic heterocycles. The van der Waals surface area contributed by atoms with E-state index in [9.17, 15) is 4.79 Å². The number of carbonyl (C=O) groups excluding carboxylic acids is 1. The van der Waals surface area contributed by atoms with Crippen molar-refractivity contribution in [3.8, 4) is 5.75 Å². The van der Waals surface area contributed by atoms with Crippen LogP contribution in [0.2, 0.25) is 0 Å². The third-order valence-corrected chi connectivity index (χ3v) is 4.81. The molecule has 3 rings (SSSR count). The summed E-state index contributed by atoms with van der Waals surface area (Å²) in [4.78, 5) is 16.4. The molecule has 0 saturated heterocycles. The molecule has 0 spiro atoms. The average Bonchev–Trinajstić information content (AvgIpc) is 3.13. The fourth-order valence-corrected chi connectivity index (χ4v) is 3.24. The van der Waals surface area contributed by atoms with Crippen LogP contribution in [0.4, 0.5) is 0 Å². The number of para-hydroxylation sites is 1. The van der Waals surface area contributed by atoms with E-state index in [4.69, 9.17) is 4.74 Å². The van der Waals surface area contributed by atoms with Gasteiger partial charge in [-0.2, -0.15) is 5.10 Å². The van der Waals surface area contributed by atoms with E-state index in [1.165, 1.54) is 18.0 Å². The molecule has 0 aliphatic carbocycles. The van der Waals surface area contributed by atoms with E-state index in [0.29, 0.717) is 23.2 Å². The number of hydrogen-bond donors (Lipinski definition) is 1. The van der Waals surface area contributed by atoms with Gasteiger partial charge in [-0.1, -0.05) is 42.1 Å². The first-order chi connectivity index (χ1) is 14.7. The topological polar surface area (TPSA) is 94.3 Å². The first kappa shape index (κ1) is 21.3. The standard InChI is InChI=1S/C21H22N6O2S/c1-3-12-27-19(14-29-18-10-5-4-6-11-18)24-26-21(27)30-15-20(28)25-22-13-17-9-7-8-16(2)23-17/h3-11,13H,1,12,14-15H2,2H3,(H,25,28)/b22-13-. The van der Waals surface area contributed by atoms with E-state index >= 15 is 0 Å². The van der Waals surface area contributed by atoms with Crippen LogP contribution in [0.1, 0.15) is 17.2 Å². The van der Waals surface area contributed by atoms with Gasteiger partial charge in [0, 0.05) is 12.2 Å². The number of nitrogens with one attached hydrogen (secondary N) is 1. The highest BCUT2D eigenvalue weighted by Gasteiger charge is 2.14. The van der Waals surface area contributed by atoms with Crippen molar-refractivity contribution in [2.45, 2.75) is 25.2 Å². The fourth-order valence-electron chi connectivity index (χ4n) is 2.48. The molecule has 0 aliphatic heterocycles. The van der Waals surface area contributed by atoms with Gasteiger partial charge in [0.15, 0.2) is 11.0 Å². The minimum Gasteiger partial charge on any atom is -0.486 e. The number of carbonyl (C=O) groups is 1. The molecule has 30 heavy (non-hydrogen) atoms. The SMILES string of the molecule is C=CCn1c(COc2ccccc2)nnc1SCC(=O)N/N=C\c1cccc(C)n1. The number of benzene rings is 1. The Kier molecular flexibility index (Phi) is 7.73. The van der Waals surface area contributed by atoms with Gasteiger partial charge in [0.2, 0.25) is 0 Å². The lowest BCUT2D eigenvalue weighted by Crippen LogP contribution is -2.20. The van der Waals surface area contributed by atoms with Gasteiger partial charge in [-0.15, -0.1) is 16.8 Å². The number of allylic oxidation sites excluding steroid dienone is 1. The summed E-state index contributed by atoms with van der Waals surface area (Å²) in [6, 6.07) is 15.1. The van der Waals surface area contributed by atoms with Gasteiger partial charge in [0.05, 0.1) is 17.7 Å². The van der Waals surface area contributed by atoms with Crippen molar-refractivity contribution >= 4 is 23.9 Å². The summed E-state index contributed by atoms with van der Waals surface area (Å²) in [7, 11) is 0.